The molecular formula is C23H30ClN5O2. The van der Waals surface area contributed by atoms with Crippen molar-refractivity contribution >= 4 is 29.2 Å². The quantitative estimate of drug-likeness (QED) is 0.686. The summed E-state index contributed by atoms with van der Waals surface area (Å²) in [6.07, 6.45) is 6.13. The van der Waals surface area contributed by atoms with Gasteiger partial charge in [0.25, 0.3) is 5.91 Å². The van der Waals surface area contributed by atoms with Crippen LogP contribution in [0.3, 0.4) is 0 Å². The molecule has 31 heavy (non-hydrogen) atoms. The summed E-state index contributed by atoms with van der Waals surface area (Å²) in [6.45, 7) is 5.81. The average molecular weight is 444 g/mol. The van der Waals surface area contributed by atoms with E-state index < -0.39 is 0 Å². The van der Waals surface area contributed by atoms with Crippen LogP contribution in [0.5, 0.6) is 0 Å². The van der Waals surface area contributed by atoms with Crippen molar-refractivity contribution < 1.29 is 9.59 Å². The van der Waals surface area contributed by atoms with Gasteiger partial charge in [0.1, 0.15) is 11.0 Å². The Balaban J connectivity index is 0.00000132. The Morgan fingerprint density at radius 1 is 1.13 bits per heavy atom. The molecule has 1 aliphatic heterocycles. The van der Waals surface area contributed by atoms with Crippen LogP contribution in [-0.2, 0) is 11.3 Å². The molecule has 166 valence electrons. The van der Waals surface area contributed by atoms with Crippen LogP contribution in [0.25, 0.3) is 0 Å². The van der Waals surface area contributed by atoms with E-state index in [9.17, 15) is 9.59 Å². The van der Waals surface area contributed by atoms with Gasteiger partial charge in [0.15, 0.2) is 0 Å². The molecule has 8 heteroatoms. The molecule has 1 N–H and O–H groups in total. The molecule has 0 radical (unpaired) electrons. The topological polar surface area (TPSA) is 78.4 Å². The number of carbonyl (C=O) groups is 2. The summed E-state index contributed by atoms with van der Waals surface area (Å²) in [5, 5.41) is 3.66. The Bertz CT molecular complexity index is 884. The highest BCUT2D eigenvalue weighted by atomic mass is 35.5. The maximum absolute atomic E-state index is 12.8. The molecule has 1 saturated carbocycles. The fourth-order valence-electron chi connectivity index (χ4n) is 3.55. The molecule has 1 aliphatic carbocycles. The van der Waals surface area contributed by atoms with Gasteiger partial charge < -0.3 is 15.1 Å². The van der Waals surface area contributed by atoms with E-state index in [0.717, 1.165) is 24.8 Å². The first-order valence-electron chi connectivity index (χ1n) is 10.9. The summed E-state index contributed by atoms with van der Waals surface area (Å²) in [5.74, 6) is 1.07. The van der Waals surface area contributed by atoms with E-state index in [1.54, 1.807) is 30.6 Å². The van der Waals surface area contributed by atoms with Gasteiger partial charge in [-0.25, -0.2) is 9.97 Å². The van der Waals surface area contributed by atoms with Gasteiger partial charge in [0, 0.05) is 45.0 Å². The van der Waals surface area contributed by atoms with Crippen LogP contribution in [0.4, 0.5) is 5.82 Å². The number of likely N-dealkylation sites (tertiary alicyclic amines) is 1. The van der Waals surface area contributed by atoms with Crippen molar-refractivity contribution in [2.75, 3.05) is 25.5 Å². The molecule has 0 aromatic carbocycles. The van der Waals surface area contributed by atoms with E-state index in [4.69, 9.17) is 11.6 Å². The van der Waals surface area contributed by atoms with Crippen LogP contribution in [0.2, 0.25) is 5.15 Å². The Labute approximate surface area is 188 Å². The molecule has 0 spiro atoms. The highest BCUT2D eigenvalue weighted by Gasteiger charge is 2.37. The molecule has 7 nitrogen and oxygen atoms in total. The second-order valence-electron chi connectivity index (χ2n) is 7.69. The first-order valence-corrected chi connectivity index (χ1v) is 11.3. The zero-order valence-corrected chi connectivity index (χ0v) is 19.1. The van der Waals surface area contributed by atoms with Gasteiger partial charge >= 0.3 is 0 Å². The molecule has 2 aromatic heterocycles. The third-order valence-corrected chi connectivity index (χ3v) is 5.77. The van der Waals surface area contributed by atoms with E-state index >= 15 is 0 Å². The predicted octanol–water partition coefficient (Wildman–Crippen LogP) is 3.85. The van der Waals surface area contributed by atoms with Crippen LogP contribution in [-0.4, -0.2) is 57.8 Å². The van der Waals surface area contributed by atoms with Gasteiger partial charge in [0.2, 0.25) is 5.91 Å². The lowest BCUT2D eigenvalue weighted by Gasteiger charge is -2.25. The lowest BCUT2D eigenvalue weighted by Crippen LogP contribution is -2.40. The maximum atomic E-state index is 12.8. The molecule has 2 amide bonds. The summed E-state index contributed by atoms with van der Waals surface area (Å²) < 4.78 is 0. The molecule has 4 rings (SSSR count). The molecule has 0 unspecified atom stereocenters. The summed E-state index contributed by atoms with van der Waals surface area (Å²) in [4.78, 5) is 37.1. The van der Waals surface area contributed by atoms with Crippen molar-refractivity contribution in [3.8, 4) is 0 Å². The van der Waals surface area contributed by atoms with Crippen LogP contribution in [0.1, 0.15) is 49.0 Å². The number of carbonyl (C=O) groups excluding carboxylic acids is 2. The number of amides is 2. The number of nitrogens with zero attached hydrogens (tertiary/aromatic N) is 4. The number of halogens is 1. The summed E-state index contributed by atoms with van der Waals surface area (Å²) in [5.41, 5.74) is 1.55. The third-order valence-electron chi connectivity index (χ3n) is 5.55. The van der Waals surface area contributed by atoms with Crippen molar-refractivity contribution in [2.45, 2.75) is 45.7 Å². The van der Waals surface area contributed by atoms with Crippen LogP contribution >= 0.6 is 11.6 Å². The minimum Gasteiger partial charge on any atom is -0.366 e. The zero-order valence-electron chi connectivity index (χ0n) is 18.3. The molecule has 1 atom stereocenters. The van der Waals surface area contributed by atoms with Gasteiger partial charge in [-0.05, 0) is 43.0 Å². The molecule has 2 aromatic rings. The maximum Gasteiger partial charge on any atom is 0.255 e. The predicted molar refractivity (Wildman–Crippen MR) is 122 cm³/mol. The monoisotopic (exact) mass is 443 g/mol. The molecule has 0 bridgehead atoms. The standard InChI is InChI=1S/C21H24ClN5O2.C2H6/c1-26(20(28)15-3-4-15)17-8-9-27(13-17)21(29)16-5-7-19(25-12-16)24-11-14-2-6-18(22)23-10-14;1-2/h2,5-7,10,12,15,17H,3-4,8-9,11,13H2,1H3,(H,24,25);1-2H3/t17-;/m0./s1. The van der Waals surface area contributed by atoms with E-state index in [0.29, 0.717) is 36.2 Å². The van der Waals surface area contributed by atoms with E-state index in [2.05, 4.69) is 15.3 Å². The summed E-state index contributed by atoms with van der Waals surface area (Å²) in [7, 11) is 1.86. The molecule has 1 saturated heterocycles. The first-order chi connectivity index (χ1) is 15.0. The second kappa shape index (κ2) is 10.6. The number of anilines is 1. The largest absolute Gasteiger partial charge is 0.366 e. The number of hydrogen-bond donors (Lipinski definition) is 1. The van der Waals surface area contributed by atoms with Gasteiger partial charge in [-0.1, -0.05) is 31.5 Å². The average Bonchev–Trinajstić information content (AvgIpc) is 3.55. The third kappa shape index (κ3) is 5.94. The summed E-state index contributed by atoms with van der Waals surface area (Å²) >= 11 is 5.79. The van der Waals surface area contributed by atoms with Crippen molar-refractivity contribution in [2.24, 2.45) is 5.92 Å². The van der Waals surface area contributed by atoms with Crippen LogP contribution in [0, 0.1) is 5.92 Å². The normalized spacial score (nSPS) is 17.5. The number of nitrogens with one attached hydrogen (secondary N) is 1. The lowest BCUT2D eigenvalue weighted by atomic mass is 10.2. The molecule has 2 aliphatic rings. The number of rotatable bonds is 6. The van der Waals surface area contributed by atoms with Crippen molar-refractivity contribution in [1.29, 1.82) is 0 Å². The smallest absolute Gasteiger partial charge is 0.255 e. The molecule has 2 fully saturated rings. The van der Waals surface area contributed by atoms with Gasteiger partial charge in [-0.3, -0.25) is 9.59 Å². The zero-order chi connectivity index (χ0) is 22.4. The van der Waals surface area contributed by atoms with E-state index in [-0.39, 0.29) is 23.8 Å². The van der Waals surface area contributed by atoms with Crippen LogP contribution in [0.15, 0.2) is 36.7 Å². The minimum absolute atomic E-state index is 0.0410. The fraction of sp³-hybridized carbons (Fsp3) is 0.478. The number of likely N-dealkylation sites (N-methyl/N-ethyl adjacent to an activating group) is 1. The van der Waals surface area contributed by atoms with Gasteiger partial charge in [-0.2, -0.15) is 0 Å². The molecule has 3 heterocycles. The van der Waals surface area contributed by atoms with Crippen molar-refractivity contribution in [3.63, 3.8) is 0 Å². The first kappa shape index (κ1) is 23.0. The summed E-state index contributed by atoms with van der Waals surface area (Å²) in [6, 6.07) is 7.33. The van der Waals surface area contributed by atoms with Crippen molar-refractivity contribution in [1.82, 2.24) is 19.8 Å². The Morgan fingerprint density at radius 2 is 1.90 bits per heavy atom. The van der Waals surface area contributed by atoms with Crippen molar-refractivity contribution in [3.05, 3.63) is 52.9 Å². The number of hydrogen-bond acceptors (Lipinski definition) is 5. The fourth-order valence-corrected chi connectivity index (χ4v) is 3.66. The van der Waals surface area contributed by atoms with Gasteiger partial charge in [0.05, 0.1) is 11.6 Å². The van der Waals surface area contributed by atoms with Crippen LogP contribution < -0.4 is 5.32 Å². The Hall–Kier alpha value is -2.67. The Kier molecular flexibility index (Phi) is 7.85. The minimum atomic E-state index is -0.0410. The highest BCUT2D eigenvalue weighted by molar-refractivity contribution is 6.29. The lowest BCUT2D eigenvalue weighted by molar-refractivity contribution is -0.133. The SMILES string of the molecule is CC.CN(C(=O)C1CC1)[C@H]1CCN(C(=O)c2ccc(NCc3ccc(Cl)nc3)nc2)C1. The highest BCUT2D eigenvalue weighted by Crippen LogP contribution is 2.32. The van der Waals surface area contributed by atoms with Gasteiger partial charge in [-0.15, -0.1) is 0 Å². The number of pyridine rings is 2. The van der Waals surface area contributed by atoms with E-state index in [1.165, 1.54) is 0 Å². The molecular weight excluding hydrogens is 414 g/mol. The second-order valence-corrected chi connectivity index (χ2v) is 8.08. The van der Waals surface area contributed by atoms with E-state index in [1.807, 2.05) is 36.8 Å². The Morgan fingerprint density at radius 3 is 2.52 bits per heavy atom. The number of aromatic nitrogens is 2.